The first kappa shape index (κ1) is 63.4. The van der Waals surface area contributed by atoms with E-state index < -0.39 is 6.10 Å². The first-order valence-electron chi connectivity index (χ1n) is 29.1. The van der Waals surface area contributed by atoms with Crippen LogP contribution >= 0.6 is 0 Å². The zero-order chi connectivity index (χ0) is 47.7. The molecule has 0 aliphatic rings. The van der Waals surface area contributed by atoms with Gasteiger partial charge in [-0.3, -0.25) is 14.4 Å². The minimum Gasteiger partial charge on any atom is -0.462 e. The third kappa shape index (κ3) is 53.2. The smallest absolute Gasteiger partial charge is 0.306 e. The molecule has 6 heteroatoms. The van der Waals surface area contributed by atoms with Crippen LogP contribution in [0.4, 0.5) is 0 Å². The Kier molecular flexibility index (Phi) is 49.1. The zero-order valence-electron chi connectivity index (χ0n) is 44.8. The Morgan fingerprint density at radius 2 is 0.446 bits per heavy atom. The van der Waals surface area contributed by atoms with Gasteiger partial charge in [-0.1, -0.05) is 286 Å². The molecule has 0 fully saturated rings. The fourth-order valence-electron chi connectivity index (χ4n) is 9.00. The van der Waals surface area contributed by atoms with Gasteiger partial charge < -0.3 is 14.2 Å². The van der Waals surface area contributed by atoms with Crippen molar-refractivity contribution in [2.45, 2.75) is 330 Å². The molecule has 0 saturated carbocycles. The van der Waals surface area contributed by atoms with Crippen LogP contribution in [0.2, 0.25) is 0 Å². The maximum atomic E-state index is 12.8. The van der Waals surface area contributed by atoms with Crippen LogP contribution < -0.4 is 0 Å². The van der Waals surface area contributed by atoms with E-state index in [1.807, 2.05) is 0 Å². The van der Waals surface area contributed by atoms with Gasteiger partial charge >= 0.3 is 17.9 Å². The van der Waals surface area contributed by atoms with E-state index in [9.17, 15) is 14.4 Å². The summed E-state index contributed by atoms with van der Waals surface area (Å²) < 4.78 is 16.9. The third-order valence-electron chi connectivity index (χ3n) is 13.4. The topological polar surface area (TPSA) is 78.9 Å². The van der Waals surface area contributed by atoms with E-state index in [1.54, 1.807) is 0 Å². The van der Waals surface area contributed by atoms with Gasteiger partial charge in [-0.25, -0.2) is 0 Å². The van der Waals surface area contributed by atoms with Gasteiger partial charge in [-0.15, -0.1) is 0 Å². The van der Waals surface area contributed by atoms with Crippen LogP contribution in [0, 0.1) is 17.8 Å². The van der Waals surface area contributed by atoms with Gasteiger partial charge in [0.1, 0.15) is 13.2 Å². The third-order valence-corrected chi connectivity index (χ3v) is 13.4. The molecule has 0 bridgehead atoms. The highest BCUT2D eigenvalue weighted by Crippen LogP contribution is 2.18. The first-order valence-corrected chi connectivity index (χ1v) is 29.1. The normalized spacial score (nSPS) is 12.1. The Bertz CT molecular complexity index is 1010. The van der Waals surface area contributed by atoms with Crippen LogP contribution in [-0.2, 0) is 28.6 Å². The minimum atomic E-state index is -0.764. The van der Waals surface area contributed by atoms with Gasteiger partial charge in [0, 0.05) is 19.3 Å². The van der Waals surface area contributed by atoms with Crippen LogP contribution in [0.3, 0.4) is 0 Å². The van der Waals surface area contributed by atoms with Gasteiger partial charge in [0.2, 0.25) is 0 Å². The number of carbonyl (C=O) groups is 3. The molecular formula is C59H114O6. The van der Waals surface area contributed by atoms with Gasteiger partial charge in [-0.05, 0) is 37.0 Å². The quantitative estimate of drug-likeness (QED) is 0.0344. The van der Waals surface area contributed by atoms with Crippen molar-refractivity contribution in [3.63, 3.8) is 0 Å². The van der Waals surface area contributed by atoms with Crippen molar-refractivity contribution >= 4 is 17.9 Å². The molecule has 0 saturated heterocycles. The van der Waals surface area contributed by atoms with E-state index >= 15 is 0 Å². The van der Waals surface area contributed by atoms with Crippen molar-refractivity contribution in [3.05, 3.63) is 0 Å². The van der Waals surface area contributed by atoms with Crippen LogP contribution in [0.1, 0.15) is 324 Å². The Morgan fingerprint density at radius 3 is 0.662 bits per heavy atom. The number of esters is 3. The molecule has 1 atom stereocenters. The molecule has 65 heavy (non-hydrogen) atoms. The molecule has 0 amide bonds. The van der Waals surface area contributed by atoms with Crippen LogP contribution in [0.25, 0.3) is 0 Å². The number of rotatable bonds is 52. The molecule has 0 radical (unpaired) electrons. The summed E-state index contributed by atoms with van der Waals surface area (Å²) in [4.78, 5) is 38.1. The Morgan fingerprint density at radius 1 is 0.262 bits per heavy atom. The summed E-state index contributed by atoms with van der Waals surface area (Å²) in [5, 5.41) is 0. The second-order valence-electron chi connectivity index (χ2n) is 21.7. The molecule has 0 unspecified atom stereocenters. The molecular weight excluding hydrogens is 805 g/mol. The standard InChI is InChI=1S/C59H114O6/c1-53(2)45-39-33-27-21-17-13-9-7-8-10-15-19-23-30-36-42-48-57(60)63-51-56(65-59(62)50-44-38-32-26-25-29-35-41-47-55(5)6)52-64-58(61)49-43-37-31-24-20-16-12-11-14-18-22-28-34-40-46-54(3)4/h53-56H,7-52H2,1-6H3/t56-/m0/s1. The molecule has 386 valence electrons. The van der Waals surface area contributed by atoms with Crippen molar-refractivity contribution in [1.29, 1.82) is 0 Å². The number of hydrogen-bond acceptors (Lipinski definition) is 6. The number of carbonyl (C=O) groups excluding carboxylic acids is 3. The summed E-state index contributed by atoms with van der Waals surface area (Å²) in [6, 6.07) is 0. The lowest BCUT2D eigenvalue weighted by molar-refractivity contribution is -0.167. The fraction of sp³-hybridized carbons (Fsp3) is 0.949. The summed E-state index contributed by atoms with van der Waals surface area (Å²) in [5.41, 5.74) is 0. The lowest BCUT2D eigenvalue weighted by Crippen LogP contribution is -2.30. The monoisotopic (exact) mass is 919 g/mol. The highest BCUT2D eigenvalue weighted by atomic mass is 16.6. The molecule has 0 rings (SSSR count). The SMILES string of the molecule is CC(C)CCCCCCCCCCCCCCCCCCC(=O)OC[C@@H](COC(=O)CCCCCCCCCCCCCCCCC(C)C)OC(=O)CCCCCCCCCCC(C)C. The lowest BCUT2D eigenvalue weighted by Gasteiger charge is -2.18. The van der Waals surface area contributed by atoms with Crippen molar-refractivity contribution in [3.8, 4) is 0 Å². The maximum absolute atomic E-state index is 12.8. The summed E-state index contributed by atoms with van der Waals surface area (Å²) in [6.07, 6.45) is 52.5. The molecule has 0 N–H and O–H groups in total. The van der Waals surface area contributed by atoms with E-state index in [4.69, 9.17) is 14.2 Å². The molecule has 6 nitrogen and oxygen atoms in total. The number of unbranched alkanes of at least 4 members (excludes halogenated alkanes) is 35. The van der Waals surface area contributed by atoms with Crippen molar-refractivity contribution in [2.24, 2.45) is 17.8 Å². The average Bonchev–Trinajstić information content (AvgIpc) is 3.26. The molecule has 0 aromatic carbocycles. The second kappa shape index (κ2) is 50.3. The highest BCUT2D eigenvalue weighted by molar-refractivity contribution is 5.71. The van der Waals surface area contributed by atoms with Gasteiger partial charge in [0.15, 0.2) is 6.10 Å². The van der Waals surface area contributed by atoms with Gasteiger partial charge in [0.25, 0.3) is 0 Å². The Balaban J connectivity index is 4.24. The van der Waals surface area contributed by atoms with Gasteiger partial charge in [-0.2, -0.15) is 0 Å². The predicted molar refractivity (Wildman–Crippen MR) is 279 cm³/mol. The average molecular weight is 920 g/mol. The van der Waals surface area contributed by atoms with Crippen molar-refractivity contribution < 1.29 is 28.6 Å². The van der Waals surface area contributed by atoms with E-state index in [0.29, 0.717) is 19.3 Å². The van der Waals surface area contributed by atoms with Crippen molar-refractivity contribution in [2.75, 3.05) is 13.2 Å². The van der Waals surface area contributed by atoms with E-state index in [2.05, 4.69) is 41.5 Å². The van der Waals surface area contributed by atoms with E-state index in [-0.39, 0.29) is 31.1 Å². The predicted octanol–water partition coefficient (Wildman–Crippen LogP) is 19.1. The number of ether oxygens (including phenoxy) is 3. The van der Waals surface area contributed by atoms with E-state index in [0.717, 1.165) is 75.5 Å². The Hall–Kier alpha value is -1.59. The molecule has 0 aromatic heterocycles. The van der Waals surface area contributed by atoms with Crippen LogP contribution in [0.5, 0.6) is 0 Å². The fourth-order valence-corrected chi connectivity index (χ4v) is 9.00. The number of hydrogen-bond donors (Lipinski definition) is 0. The van der Waals surface area contributed by atoms with Crippen LogP contribution in [0.15, 0.2) is 0 Å². The van der Waals surface area contributed by atoms with Crippen molar-refractivity contribution in [1.82, 2.24) is 0 Å². The highest BCUT2D eigenvalue weighted by Gasteiger charge is 2.19. The molecule has 0 spiro atoms. The van der Waals surface area contributed by atoms with Gasteiger partial charge in [0.05, 0.1) is 0 Å². The molecule has 0 aromatic rings. The summed E-state index contributed by atoms with van der Waals surface area (Å²) in [7, 11) is 0. The van der Waals surface area contributed by atoms with E-state index in [1.165, 1.54) is 205 Å². The largest absolute Gasteiger partial charge is 0.462 e. The molecule has 0 aliphatic heterocycles. The maximum Gasteiger partial charge on any atom is 0.306 e. The summed E-state index contributed by atoms with van der Waals surface area (Å²) in [6.45, 7) is 13.7. The van der Waals surface area contributed by atoms with Crippen LogP contribution in [-0.4, -0.2) is 37.2 Å². The zero-order valence-corrected chi connectivity index (χ0v) is 44.8. The summed E-state index contributed by atoms with van der Waals surface area (Å²) >= 11 is 0. The Labute approximate surface area is 406 Å². The first-order chi connectivity index (χ1) is 31.6. The lowest BCUT2D eigenvalue weighted by atomic mass is 10.0. The second-order valence-corrected chi connectivity index (χ2v) is 21.7. The minimum absolute atomic E-state index is 0.0639. The molecule has 0 heterocycles. The summed E-state index contributed by atoms with van der Waals surface area (Å²) in [5.74, 6) is 1.65. The molecule has 0 aliphatic carbocycles.